The van der Waals surface area contributed by atoms with Crippen molar-refractivity contribution in [1.82, 2.24) is 0 Å². The number of hydrogen-bond donors (Lipinski definition) is 2. The largest absolute Gasteiger partial charge is 0.506 e. The Morgan fingerprint density at radius 2 is 2.26 bits per heavy atom. The van der Waals surface area contributed by atoms with Gasteiger partial charge >= 0.3 is 0 Å². The minimum atomic E-state index is -0.307. The first kappa shape index (κ1) is 13.9. The zero-order valence-electron chi connectivity index (χ0n) is 10.1. The number of aromatic hydroxyl groups is 1. The highest BCUT2D eigenvalue weighted by Crippen LogP contribution is 2.29. The summed E-state index contributed by atoms with van der Waals surface area (Å²) in [6.07, 6.45) is 0. The molecule has 4 nitrogen and oxygen atoms in total. The molecule has 100 valence electrons. The van der Waals surface area contributed by atoms with Crippen LogP contribution in [-0.2, 0) is 0 Å². The molecule has 19 heavy (non-hydrogen) atoms. The number of halogens is 1. The number of anilines is 1. The zero-order chi connectivity index (χ0) is 13.8. The Morgan fingerprint density at radius 1 is 1.47 bits per heavy atom. The highest BCUT2D eigenvalue weighted by Gasteiger charge is 2.15. The van der Waals surface area contributed by atoms with Gasteiger partial charge in [-0.3, -0.25) is 4.79 Å². The second kappa shape index (κ2) is 6.08. The number of hydrogen-bond acceptors (Lipinski definition) is 4. The molecule has 6 heteroatoms. The maximum Gasteiger partial charge on any atom is 0.260 e. The van der Waals surface area contributed by atoms with Crippen LogP contribution in [0.25, 0.3) is 0 Å². The SMILES string of the molecule is CCOc1cscc1C(=O)Nc1cc(Br)ccc1O. The predicted molar refractivity (Wildman–Crippen MR) is 79.2 cm³/mol. The third-order valence-electron chi connectivity index (χ3n) is 2.38. The number of phenolic OH excluding ortho intramolecular Hbond substituents is 1. The van der Waals surface area contributed by atoms with E-state index in [1.165, 1.54) is 17.4 Å². The molecule has 0 spiro atoms. The minimum absolute atomic E-state index is 0.0183. The number of phenols is 1. The molecule has 0 saturated carbocycles. The van der Waals surface area contributed by atoms with Gasteiger partial charge in [0.15, 0.2) is 0 Å². The first-order chi connectivity index (χ1) is 9.11. The van der Waals surface area contributed by atoms with Crippen LogP contribution < -0.4 is 10.1 Å². The Balaban J connectivity index is 2.21. The molecule has 0 aliphatic carbocycles. The van der Waals surface area contributed by atoms with Gasteiger partial charge in [0, 0.05) is 15.2 Å². The van der Waals surface area contributed by atoms with Crippen molar-refractivity contribution >= 4 is 38.9 Å². The van der Waals surface area contributed by atoms with E-state index in [0.717, 1.165) is 4.47 Å². The maximum atomic E-state index is 12.1. The normalized spacial score (nSPS) is 10.2. The summed E-state index contributed by atoms with van der Waals surface area (Å²) in [5.41, 5.74) is 0.819. The van der Waals surface area contributed by atoms with Crippen LogP contribution in [0.15, 0.2) is 33.4 Å². The average Bonchev–Trinajstić information content (AvgIpc) is 2.82. The standard InChI is InChI=1S/C13H12BrNO3S/c1-2-18-12-7-19-6-9(12)13(17)15-10-5-8(14)3-4-11(10)16/h3-7,16H,2H2,1H3,(H,15,17). The fourth-order valence-electron chi connectivity index (χ4n) is 1.52. The molecule has 0 fully saturated rings. The number of thiophene rings is 1. The molecular formula is C13H12BrNO3S. The monoisotopic (exact) mass is 341 g/mol. The molecule has 0 unspecified atom stereocenters. The Hall–Kier alpha value is -1.53. The van der Waals surface area contributed by atoms with Crippen molar-refractivity contribution in [2.24, 2.45) is 0 Å². The lowest BCUT2D eigenvalue weighted by atomic mass is 10.2. The third-order valence-corrected chi connectivity index (χ3v) is 3.59. The van der Waals surface area contributed by atoms with Crippen LogP contribution in [-0.4, -0.2) is 17.6 Å². The van der Waals surface area contributed by atoms with E-state index in [4.69, 9.17) is 4.74 Å². The second-order valence-electron chi connectivity index (χ2n) is 3.70. The van der Waals surface area contributed by atoms with Gasteiger partial charge in [0.2, 0.25) is 0 Å². The summed E-state index contributed by atoms with van der Waals surface area (Å²) in [5, 5.41) is 15.8. The van der Waals surface area contributed by atoms with Crippen LogP contribution in [0.1, 0.15) is 17.3 Å². The molecular weight excluding hydrogens is 330 g/mol. The molecule has 0 bridgehead atoms. The van der Waals surface area contributed by atoms with Crippen LogP contribution >= 0.6 is 27.3 Å². The molecule has 0 radical (unpaired) electrons. The Bertz CT molecular complexity index is 597. The van der Waals surface area contributed by atoms with E-state index in [1.54, 1.807) is 22.9 Å². The van der Waals surface area contributed by atoms with Crippen molar-refractivity contribution < 1.29 is 14.6 Å². The molecule has 1 aromatic carbocycles. The third kappa shape index (κ3) is 3.27. The van der Waals surface area contributed by atoms with E-state index in [0.29, 0.717) is 23.6 Å². The molecule has 1 amide bonds. The zero-order valence-corrected chi connectivity index (χ0v) is 12.5. The summed E-state index contributed by atoms with van der Waals surface area (Å²) in [6.45, 7) is 2.36. The van der Waals surface area contributed by atoms with Gasteiger partial charge < -0.3 is 15.2 Å². The smallest absolute Gasteiger partial charge is 0.260 e. The molecule has 0 saturated heterocycles. The molecule has 0 aliphatic rings. The molecule has 2 N–H and O–H groups in total. The fourth-order valence-corrected chi connectivity index (χ4v) is 2.62. The van der Waals surface area contributed by atoms with Crippen molar-refractivity contribution in [3.63, 3.8) is 0 Å². The highest BCUT2D eigenvalue weighted by atomic mass is 79.9. The Morgan fingerprint density at radius 3 is 3.00 bits per heavy atom. The average molecular weight is 342 g/mol. The first-order valence-electron chi connectivity index (χ1n) is 5.60. The van der Waals surface area contributed by atoms with Gasteiger partial charge in [0.05, 0.1) is 17.9 Å². The van der Waals surface area contributed by atoms with Crippen LogP contribution in [0.4, 0.5) is 5.69 Å². The van der Waals surface area contributed by atoms with Crippen molar-refractivity contribution in [2.75, 3.05) is 11.9 Å². The quantitative estimate of drug-likeness (QED) is 0.830. The van der Waals surface area contributed by atoms with Crippen molar-refractivity contribution in [2.45, 2.75) is 6.92 Å². The van der Waals surface area contributed by atoms with Gasteiger partial charge in [0.1, 0.15) is 11.5 Å². The van der Waals surface area contributed by atoms with Crippen LogP contribution in [0.5, 0.6) is 11.5 Å². The van der Waals surface area contributed by atoms with E-state index >= 15 is 0 Å². The number of amides is 1. The Labute approximate surface area is 123 Å². The van der Waals surface area contributed by atoms with Gasteiger partial charge in [-0.25, -0.2) is 0 Å². The van der Waals surface area contributed by atoms with Crippen molar-refractivity contribution in [3.05, 3.63) is 39.0 Å². The summed E-state index contributed by atoms with van der Waals surface area (Å²) < 4.78 is 6.14. The van der Waals surface area contributed by atoms with E-state index in [2.05, 4.69) is 21.2 Å². The van der Waals surface area contributed by atoms with E-state index in [1.807, 2.05) is 6.92 Å². The summed E-state index contributed by atoms with van der Waals surface area (Å²) >= 11 is 4.68. The minimum Gasteiger partial charge on any atom is -0.506 e. The highest BCUT2D eigenvalue weighted by molar-refractivity contribution is 9.10. The summed E-state index contributed by atoms with van der Waals surface area (Å²) in [4.78, 5) is 12.1. The van der Waals surface area contributed by atoms with Gasteiger partial charge in [0.25, 0.3) is 5.91 Å². The molecule has 0 atom stereocenters. The van der Waals surface area contributed by atoms with E-state index in [-0.39, 0.29) is 11.7 Å². The molecule has 1 aromatic heterocycles. The fraction of sp³-hybridized carbons (Fsp3) is 0.154. The molecule has 0 aliphatic heterocycles. The number of nitrogens with one attached hydrogen (secondary N) is 1. The van der Waals surface area contributed by atoms with Crippen LogP contribution in [0.2, 0.25) is 0 Å². The van der Waals surface area contributed by atoms with Gasteiger partial charge in [-0.1, -0.05) is 15.9 Å². The number of ether oxygens (including phenoxy) is 1. The topological polar surface area (TPSA) is 58.6 Å². The number of rotatable bonds is 4. The molecule has 2 aromatic rings. The van der Waals surface area contributed by atoms with Gasteiger partial charge in [-0.2, -0.15) is 0 Å². The lowest BCUT2D eigenvalue weighted by molar-refractivity contribution is 0.102. The van der Waals surface area contributed by atoms with Gasteiger partial charge in [-0.15, -0.1) is 11.3 Å². The second-order valence-corrected chi connectivity index (χ2v) is 5.36. The number of carbonyl (C=O) groups is 1. The van der Waals surface area contributed by atoms with Gasteiger partial charge in [-0.05, 0) is 25.1 Å². The number of benzene rings is 1. The summed E-state index contributed by atoms with van der Waals surface area (Å²) in [6, 6.07) is 4.85. The lowest BCUT2D eigenvalue weighted by Crippen LogP contribution is -2.12. The van der Waals surface area contributed by atoms with Crippen molar-refractivity contribution in [3.8, 4) is 11.5 Å². The summed E-state index contributed by atoms with van der Waals surface area (Å²) in [7, 11) is 0. The van der Waals surface area contributed by atoms with Crippen LogP contribution in [0.3, 0.4) is 0 Å². The molecule has 1 heterocycles. The molecule has 2 rings (SSSR count). The maximum absolute atomic E-state index is 12.1. The Kier molecular flexibility index (Phi) is 4.44. The predicted octanol–water partition coefficient (Wildman–Crippen LogP) is 3.87. The first-order valence-corrected chi connectivity index (χ1v) is 7.34. The van der Waals surface area contributed by atoms with Crippen LogP contribution in [0, 0.1) is 0 Å². The van der Waals surface area contributed by atoms with Crippen molar-refractivity contribution in [1.29, 1.82) is 0 Å². The number of carbonyl (C=O) groups excluding carboxylic acids is 1. The van der Waals surface area contributed by atoms with E-state index in [9.17, 15) is 9.90 Å². The van der Waals surface area contributed by atoms with E-state index < -0.39 is 0 Å². The lowest BCUT2D eigenvalue weighted by Gasteiger charge is -2.08. The summed E-state index contributed by atoms with van der Waals surface area (Å²) in [5.74, 6) is 0.266.